The molecular formula is C91H94BN. The lowest BCUT2D eigenvalue weighted by atomic mass is 9.33. The predicted octanol–water partition coefficient (Wildman–Crippen LogP) is 21.9. The minimum absolute atomic E-state index is 0.0866. The maximum absolute atomic E-state index is 2.61. The fraction of sp³-hybridized carbons (Fsp3) is 0.231. The van der Waals surface area contributed by atoms with E-state index >= 15 is 0 Å². The summed E-state index contributed by atoms with van der Waals surface area (Å²) in [5, 5.41) is 0. The molecule has 0 aliphatic carbocycles. The fourth-order valence-electron chi connectivity index (χ4n) is 14.3. The van der Waals surface area contributed by atoms with Crippen LogP contribution in [0.1, 0.15) is 159 Å². The third-order valence-corrected chi connectivity index (χ3v) is 20.5. The second kappa shape index (κ2) is 27.5. The highest BCUT2D eigenvalue weighted by atomic mass is 15.1. The standard InChI is InChI=1S/C78H82BN.C13H12/c1-14-16-26-61(15-2)75(6,7)67-40-37-60(49-57-34-38-65(39-35-57)76(8,9)62-27-20-17-21-28-62)70(52-67)79-71-53-68(78(12,13)64-31-24-19-25-32-64)43-46-72(71)80(69-44-41-66(42-45-69)77(10,11)63-29-22-18-23-30-63)73-51-58(48-56(5)74(73)79)50-59-36-33-54(3)47-55(59)4;1-11-7-9-13(10-8-11)12-5-3-2-4-6-12/h15-48,51-53H,14,49-50H2,1-13H3;2-10H,1H3/b26-16-,61-15+;. The van der Waals surface area contributed by atoms with E-state index in [1.54, 1.807) is 0 Å². The Morgan fingerprint density at radius 3 is 1.40 bits per heavy atom. The van der Waals surface area contributed by atoms with Crippen LogP contribution in [0.5, 0.6) is 0 Å². The summed E-state index contributed by atoms with van der Waals surface area (Å²) in [5.74, 6) is 0. The summed E-state index contributed by atoms with van der Waals surface area (Å²) in [7, 11) is 0. The molecule has 0 N–H and O–H groups in total. The van der Waals surface area contributed by atoms with Crippen molar-refractivity contribution in [2.45, 2.75) is 138 Å². The number of rotatable bonds is 17. The van der Waals surface area contributed by atoms with Gasteiger partial charge in [0.15, 0.2) is 0 Å². The molecular weight excluding hydrogens is 1120 g/mol. The van der Waals surface area contributed by atoms with E-state index in [0.717, 1.165) is 24.9 Å². The van der Waals surface area contributed by atoms with Crippen LogP contribution in [0.3, 0.4) is 0 Å². The highest BCUT2D eigenvalue weighted by Gasteiger charge is 2.40. The van der Waals surface area contributed by atoms with Gasteiger partial charge in [-0.05, 0) is 173 Å². The number of nitrogens with zero attached hydrogens (tertiary/aromatic N) is 1. The summed E-state index contributed by atoms with van der Waals surface area (Å²) in [5.41, 5.74) is 30.4. The van der Waals surface area contributed by atoms with Crippen LogP contribution in [0, 0.1) is 27.7 Å². The average Bonchev–Trinajstić information content (AvgIpc) is 0.717. The van der Waals surface area contributed by atoms with E-state index in [2.05, 4.69) is 375 Å². The molecule has 2 heteroatoms. The minimum atomic E-state index is -0.268. The summed E-state index contributed by atoms with van der Waals surface area (Å²) in [4.78, 5) is 2.60. The van der Waals surface area contributed by atoms with Crippen molar-refractivity contribution in [3.05, 3.63) is 368 Å². The number of fused-ring (bicyclic) bond motifs is 2. The van der Waals surface area contributed by atoms with Crippen molar-refractivity contribution in [3.63, 3.8) is 0 Å². The first kappa shape index (κ1) is 65.3. The highest BCUT2D eigenvalue weighted by Crippen LogP contribution is 2.43. The van der Waals surface area contributed by atoms with E-state index in [0.29, 0.717) is 0 Å². The molecule has 93 heavy (non-hydrogen) atoms. The van der Waals surface area contributed by atoms with Gasteiger partial charge < -0.3 is 4.90 Å². The summed E-state index contributed by atoms with van der Waals surface area (Å²) in [6.07, 6.45) is 9.61. The molecule has 11 aromatic carbocycles. The maximum Gasteiger partial charge on any atom is 0.247 e. The Kier molecular flexibility index (Phi) is 19.3. The molecule has 0 fully saturated rings. The molecule has 0 bridgehead atoms. The number of allylic oxidation sites excluding steroid dienone is 4. The van der Waals surface area contributed by atoms with Crippen molar-refractivity contribution in [1.29, 1.82) is 0 Å². The molecule has 1 aliphatic heterocycles. The van der Waals surface area contributed by atoms with Gasteiger partial charge in [-0.15, -0.1) is 0 Å². The molecule has 1 heterocycles. The molecule has 12 rings (SSSR count). The highest BCUT2D eigenvalue weighted by molar-refractivity contribution is 6.98. The SMILES string of the molecule is C/C=C(\C=C/CC)C(C)(C)c1ccc(Cc2ccc(C(C)(C)c3ccccc3)cc2)c(B2c3cc(C(C)(C)c4ccccc4)ccc3N(c3ccc(C(C)(C)c4ccccc4)cc3)c3cc(Cc4ccc(C)cc4C)cc(C)c32)c1.Cc1ccc(-c2ccccc2)cc1. The maximum atomic E-state index is 2.61. The van der Waals surface area contributed by atoms with E-state index in [1.807, 2.05) is 6.07 Å². The Balaban J connectivity index is 0.000000603. The van der Waals surface area contributed by atoms with Gasteiger partial charge >= 0.3 is 0 Å². The average molecular weight is 1210 g/mol. The third kappa shape index (κ3) is 13.8. The molecule has 1 nitrogen and oxygen atoms in total. The monoisotopic (exact) mass is 1210 g/mol. The first-order chi connectivity index (χ1) is 44.7. The molecule has 0 spiro atoms. The Labute approximate surface area is 558 Å². The summed E-state index contributed by atoms with van der Waals surface area (Å²) >= 11 is 0. The normalized spacial score (nSPS) is 12.7. The van der Waals surface area contributed by atoms with Gasteiger partial charge in [0.05, 0.1) is 0 Å². The van der Waals surface area contributed by atoms with Crippen LogP contribution >= 0.6 is 0 Å². The van der Waals surface area contributed by atoms with Crippen LogP contribution in [0.4, 0.5) is 17.1 Å². The van der Waals surface area contributed by atoms with E-state index in [9.17, 15) is 0 Å². The summed E-state index contributed by atoms with van der Waals surface area (Å²) < 4.78 is 0. The van der Waals surface area contributed by atoms with E-state index in [4.69, 9.17) is 0 Å². The lowest BCUT2D eigenvalue weighted by molar-refractivity contribution is 0.638. The lowest BCUT2D eigenvalue weighted by Gasteiger charge is -2.40. The summed E-state index contributed by atoms with van der Waals surface area (Å²) in [6, 6.07) is 97.9. The van der Waals surface area contributed by atoms with Gasteiger partial charge in [0.1, 0.15) is 0 Å². The molecule has 0 saturated heterocycles. The second-order valence-corrected chi connectivity index (χ2v) is 28.2. The Morgan fingerprint density at radius 2 is 0.849 bits per heavy atom. The van der Waals surface area contributed by atoms with E-state index in [1.165, 1.54) is 128 Å². The molecule has 1 aliphatic rings. The van der Waals surface area contributed by atoms with Crippen molar-refractivity contribution in [1.82, 2.24) is 0 Å². The van der Waals surface area contributed by atoms with Crippen molar-refractivity contribution in [2.24, 2.45) is 0 Å². The molecule has 466 valence electrons. The van der Waals surface area contributed by atoms with E-state index < -0.39 is 0 Å². The van der Waals surface area contributed by atoms with Gasteiger partial charge in [-0.3, -0.25) is 0 Å². The van der Waals surface area contributed by atoms with Crippen molar-refractivity contribution in [2.75, 3.05) is 4.90 Å². The van der Waals surface area contributed by atoms with Crippen molar-refractivity contribution >= 4 is 40.2 Å². The Hall–Kier alpha value is -9.24. The first-order valence-electron chi connectivity index (χ1n) is 33.8. The number of hydrogen-bond donors (Lipinski definition) is 0. The van der Waals surface area contributed by atoms with Gasteiger partial charge in [0.2, 0.25) is 6.71 Å². The van der Waals surface area contributed by atoms with Crippen LogP contribution in [0.15, 0.2) is 285 Å². The molecule has 0 unspecified atom stereocenters. The largest absolute Gasteiger partial charge is 0.312 e. The number of anilines is 3. The van der Waals surface area contributed by atoms with Crippen LogP contribution in [0.25, 0.3) is 11.1 Å². The molecule has 0 saturated carbocycles. The third-order valence-electron chi connectivity index (χ3n) is 20.5. The minimum Gasteiger partial charge on any atom is -0.312 e. The topological polar surface area (TPSA) is 3.24 Å². The van der Waals surface area contributed by atoms with Crippen LogP contribution in [-0.2, 0) is 34.5 Å². The quantitative estimate of drug-likeness (QED) is 0.0649. The van der Waals surface area contributed by atoms with Gasteiger partial charge in [-0.2, -0.15) is 0 Å². The number of aryl methyl sites for hydroxylation is 4. The van der Waals surface area contributed by atoms with Crippen LogP contribution in [-0.4, -0.2) is 6.71 Å². The number of hydrogen-bond acceptors (Lipinski definition) is 1. The van der Waals surface area contributed by atoms with Gasteiger partial charge in [0, 0.05) is 38.7 Å². The molecule has 0 atom stereocenters. The van der Waals surface area contributed by atoms with Gasteiger partial charge in [-0.25, -0.2) is 0 Å². The molecule has 11 aromatic rings. The zero-order chi connectivity index (χ0) is 65.7. The predicted molar refractivity (Wildman–Crippen MR) is 403 cm³/mol. The van der Waals surface area contributed by atoms with Gasteiger partial charge in [0.25, 0.3) is 0 Å². The summed E-state index contributed by atoms with van der Waals surface area (Å²) in [6.45, 7) is 32.3. The lowest BCUT2D eigenvalue weighted by Crippen LogP contribution is -2.59. The van der Waals surface area contributed by atoms with Crippen LogP contribution in [0.2, 0.25) is 0 Å². The Morgan fingerprint density at radius 1 is 0.387 bits per heavy atom. The zero-order valence-corrected chi connectivity index (χ0v) is 57.7. The van der Waals surface area contributed by atoms with Crippen LogP contribution < -0.4 is 21.3 Å². The zero-order valence-electron chi connectivity index (χ0n) is 57.7. The van der Waals surface area contributed by atoms with Crippen molar-refractivity contribution < 1.29 is 0 Å². The van der Waals surface area contributed by atoms with E-state index in [-0.39, 0.29) is 28.4 Å². The Bertz CT molecular complexity index is 4410. The second-order valence-electron chi connectivity index (χ2n) is 28.2. The first-order valence-corrected chi connectivity index (χ1v) is 33.8. The van der Waals surface area contributed by atoms with Crippen molar-refractivity contribution in [3.8, 4) is 11.1 Å². The number of benzene rings is 11. The molecule has 0 radical (unpaired) electrons. The smallest absolute Gasteiger partial charge is 0.247 e. The molecule has 0 aromatic heterocycles. The van der Waals surface area contributed by atoms with Gasteiger partial charge in [-0.1, -0.05) is 339 Å². The molecule has 0 amide bonds. The fourth-order valence-corrected chi connectivity index (χ4v) is 14.3.